The Kier molecular flexibility index (Phi) is 6.41. The molecule has 0 amide bonds. The van der Waals surface area contributed by atoms with Crippen LogP contribution in [0.3, 0.4) is 0 Å². The number of piperazine rings is 1. The molecule has 1 aromatic heterocycles. The van der Waals surface area contributed by atoms with Crippen molar-refractivity contribution < 1.29 is 14.2 Å². The largest absolute Gasteiger partial charge is 0.493 e. The van der Waals surface area contributed by atoms with E-state index in [4.69, 9.17) is 19.2 Å². The van der Waals surface area contributed by atoms with Crippen LogP contribution in [-0.2, 0) is 0 Å². The van der Waals surface area contributed by atoms with Crippen LogP contribution in [-0.4, -0.2) is 68.9 Å². The van der Waals surface area contributed by atoms with E-state index in [2.05, 4.69) is 27.0 Å². The molecular formula is C20H29N5O3. The van der Waals surface area contributed by atoms with E-state index >= 15 is 0 Å². The van der Waals surface area contributed by atoms with Crippen molar-refractivity contribution in [3.8, 4) is 17.2 Å². The Morgan fingerprint density at radius 1 is 0.929 bits per heavy atom. The molecule has 0 spiro atoms. The van der Waals surface area contributed by atoms with Gasteiger partial charge in [0.2, 0.25) is 11.7 Å². The molecule has 0 radical (unpaired) electrons. The van der Waals surface area contributed by atoms with Crippen LogP contribution in [0.1, 0.15) is 12.6 Å². The third kappa shape index (κ3) is 4.39. The van der Waals surface area contributed by atoms with E-state index in [0.717, 1.165) is 55.9 Å². The molecule has 28 heavy (non-hydrogen) atoms. The molecule has 2 aromatic rings. The lowest BCUT2D eigenvalue weighted by molar-refractivity contribution is 0.270. The van der Waals surface area contributed by atoms with Gasteiger partial charge in [0.15, 0.2) is 11.5 Å². The number of benzene rings is 1. The minimum Gasteiger partial charge on any atom is -0.493 e. The number of likely N-dealkylation sites (N-methyl/N-ethyl adjacent to an activating group) is 1. The van der Waals surface area contributed by atoms with Crippen LogP contribution in [0.15, 0.2) is 18.2 Å². The molecule has 1 aromatic carbocycles. The number of hydrogen-bond acceptors (Lipinski definition) is 8. The molecule has 1 fully saturated rings. The van der Waals surface area contributed by atoms with Crippen LogP contribution in [0.25, 0.3) is 0 Å². The summed E-state index contributed by atoms with van der Waals surface area (Å²) in [6.07, 6.45) is 0. The maximum atomic E-state index is 5.43. The standard InChI is InChI=1S/C20H29N5O3/c1-6-24-7-9-25(10-8-24)20-21-14(2)11-18(23-20)22-15-12-16(26-3)19(28-5)17(13-15)27-4/h11-13H,6-10H2,1-5H3,(H,21,22,23). The highest BCUT2D eigenvalue weighted by Gasteiger charge is 2.19. The van der Waals surface area contributed by atoms with Crippen LogP contribution in [0.5, 0.6) is 17.2 Å². The zero-order valence-electron chi connectivity index (χ0n) is 17.3. The fourth-order valence-electron chi connectivity index (χ4n) is 3.32. The van der Waals surface area contributed by atoms with Crippen LogP contribution in [0.4, 0.5) is 17.5 Å². The van der Waals surface area contributed by atoms with Crippen molar-refractivity contribution in [2.75, 3.05) is 64.3 Å². The Labute approximate surface area is 166 Å². The summed E-state index contributed by atoms with van der Waals surface area (Å²) in [4.78, 5) is 14.0. The number of nitrogens with zero attached hydrogens (tertiary/aromatic N) is 4. The van der Waals surface area contributed by atoms with Gasteiger partial charge in [-0.1, -0.05) is 6.92 Å². The highest BCUT2D eigenvalue weighted by molar-refractivity contribution is 5.67. The number of hydrogen-bond donors (Lipinski definition) is 1. The lowest BCUT2D eigenvalue weighted by Crippen LogP contribution is -2.46. The molecule has 1 N–H and O–H groups in total. The predicted octanol–water partition coefficient (Wildman–Crippen LogP) is 2.70. The first kappa shape index (κ1) is 20.0. The number of nitrogens with one attached hydrogen (secondary N) is 1. The second-order valence-electron chi connectivity index (χ2n) is 6.65. The van der Waals surface area contributed by atoms with Crippen molar-refractivity contribution in [3.63, 3.8) is 0 Å². The summed E-state index contributed by atoms with van der Waals surface area (Å²) >= 11 is 0. The van der Waals surface area contributed by atoms with Crippen LogP contribution >= 0.6 is 0 Å². The van der Waals surface area contributed by atoms with Crippen molar-refractivity contribution in [3.05, 3.63) is 23.9 Å². The van der Waals surface area contributed by atoms with Crippen molar-refractivity contribution >= 4 is 17.5 Å². The molecule has 1 aliphatic heterocycles. The maximum absolute atomic E-state index is 5.43. The van der Waals surface area contributed by atoms with E-state index in [-0.39, 0.29) is 0 Å². The molecule has 152 valence electrons. The van der Waals surface area contributed by atoms with E-state index in [1.54, 1.807) is 21.3 Å². The van der Waals surface area contributed by atoms with Crippen molar-refractivity contribution in [1.82, 2.24) is 14.9 Å². The topological polar surface area (TPSA) is 72.0 Å². The SMILES string of the molecule is CCN1CCN(c2nc(C)cc(Nc3cc(OC)c(OC)c(OC)c3)n2)CC1. The monoisotopic (exact) mass is 387 g/mol. The van der Waals surface area contributed by atoms with Gasteiger partial charge in [-0.05, 0) is 13.5 Å². The van der Waals surface area contributed by atoms with E-state index < -0.39 is 0 Å². The summed E-state index contributed by atoms with van der Waals surface area (Å²) in [6.45, 7) is 9.18. The second kappa shape index (κ2) is 8.97. The van der Waals surface area contributed by atoms with Gasteiger partial charge >= 0.3 is 0 Å². The summed E-state index contributed by atoms with van der Waals surface area (Å²) in [6, 6.07) is 5.64. The lowest BCUT2D eigenvalue weighted by Gasteiger charge is -2.34. The Morgan fingerprint density at radius 2 is 1.57 bits per heavy atom. The summed E-state index contributed by atoms with van der Waals surface area (Å²) < 4.78 is 16.2. The van der Waals surface area contributed by atoms with E-state index in [1.807, 2.05) is 25.1 Å². The molecule has 3 rings (SSSR count). The number of aryl methyl sites for hydroxylation is 1. The molecule has 0 saturated carbocycles. The fourth-order valence-corrected chi connectivity index (χ4v) is 3.32. The molecule has 0 atom stereocenters. The first-order valence-electron chi connectivity index (χ1n) is 9.48. The molecule has 2 heterocycles. The number of aromatic nitrogens is 2. The van der Waals surface area contributed by atoms with Crippen molar-refractivity contribution in [2.45, 2.75) is 13.8 Å². The molecular weight excluding hydrogens is 358 g/mol. The Morgan fingerprint density at radius 3 is 2.11 bits per heavy atom. The zero-order valence-corrected chi connectivity index (χ0v) is 17.3. The highest BCUT2D eigenvalue weighted by Crippen LogP contribution is 2.40. The molecule has 1 aliphatic rings. The van der Waals surface area contributed by atoms with Crippen LogP contribution in [0, 0.1) is 6.92 Å². The van der Waals surface area contributed by atoms with Gasteiger partial charge in [-0.3, -0.25) is 0 Å². The quantitative estimate of drug-likeness (QED) is 0.778. The molecule has 8 nitrogen and oxygen atoms in total. The van der Waals surface area contributed by atoms with Crippen molar-refractivity contribution in [1.29, 1.82) is 0 Å². The average Bonchev–Trinajstić information content (AvgIpc) is 2.72. The fraction of sp³-hybridized carbons (Fsp3) is 0.500. The van der Waals surface area contributed by atoms with Gasteiger partial charge in [0.1, 0.15) is 5.82 Å². The molecule has 0 bridgehead atoms. The van der Waals surface area contributed by atoms with Gasteiger partial charge in [0.05, 0.1) is 21.3 Å². The first-order chi connectivity index (χ1) is 13.6. The summed E-state index contributed by atoms with van der Waals surface area (Å²) in [5.41, 5.74) is 1.72. The smallest absolute Gasteiger partial charge is 0.227 e. The van der Waals surface area contributed by atoms with Gasteiger partial charge in [-0.25, -0.2) is 4.98 Å². The van der Waals surface area contributed by atoms with E-state index in [1.165, 1.54) is 0 Å². The zero-order chi connectivity index (χ0) is 20.1. The number of anilines is 3. The first-order valence-corrected chi connectivity index (χ1v) is 9.48. The normalized spacial score (nSPS) is 14.7. The molecule has 0 aliphatic carbocycles. The third-order valence-electron chi connectivity index (χ3n) is 4.88. The minimum atomic E-state index is 0.559. The Hall–Kier alpha value is -2.74. The van der Waals surface area contributed by atoms with E-state index in [9.17, 15) is 0 Å². The molecule has 8 heteroatoms. The summed E-state index contributed by atoms with van der Waals surface area (Å²) in [7, 11) is 4.79. The van der Waals surface area contributed by atoms with Gasteiger partial charge < -0.3 is 29.3 Å². The van der Waals surface area contributed by atoms with Gasteiger partial charge in [-0.2, -0.15) is 4.98 Å². The van der Waals surface area contributed by atoms with Gasteiger partial charge in [0.25, 0.3) is 0 Å². The Balaban J connectivity index is 1.84. The predicted molar refractivity (Wildman–Crippen MR) is 110 cm³/mol. The van der Waals surface area contributed by atoms with Gasteiger partial charge in [-0.15, -0.1) is 0 Å². The van der Waals surface area contributed by atoms with Gasteiger partial charge in [0, 0.05) is 55.8 Å². The highest BCUT2D eigenvalue weighted by atomic mass is 16.5. The molecule has 1 saturated heterocycles. The lowest BCUT2D eigenvalue weighted by atomic mass is 10.2. The van der Waals surface area contributed by atoms with Crippen LogP contribution < -0.4 is 24.4 Å². The number of methoxy groups -OCH3 is 3. The summed E-state index contributed by atoms with van der Waals surface area (Å²) in [5.74, 6) is 3.22. The number of ether oxygens (including phenoxy) is 3. The van der Waals surface area contributed by atoms with E-state index in [0.29, 0.717) is 17.2 Å². The second-order valence-corrected chi connectivity index (χ2v) is 6.65. The minimum absolute atomic E-state index is 0.559. The average molecular weight is 387 g/mol. The van der Waals surface area contributed by atoms with Crippen LogP contribution in [0.2, 0.25) is 0 Å². The number of rotatable bonds is 7. The molecule has 0 unspecified atom stereocenters. The Bertz CT molecular complexity index is 781. The third-order valence-corrected chi connectivity index (χ3v) is 4.88. The van der Waals surface area contributed by atoms with Crippen molar-refractivity contribution in [2.24, 2.45) is 0 Å². The summed E-state index contributed by atoms with van der Waals surface area (Å²) in [5, 5.41) is 3.34. The maximum Gasteiger partial charge on any atom is 0.227 e.